The second kappa shape index (κ2) is 4.90. The van der Waals surface area contributed by atoms with Crippen LogP contribution in [0.1, 0.15) is 6.92 Å². The Morgan fingerprint density at radius 3 is 2.45 bits per heavy atom. The molecule has 11 heavy (non-hydrogen) atoms. The average molecular weight is 178 g/mol. The third-order valence-corrected chi connectivity index (χ3v) is 1.52. The Kier molecular flexibility index (Phi) is 4.52. The van der Waals surface area contributed by atoms with Gasteiger partial charge < -0.3 is 4.74 Å². The fourth-order valence-electron chi connectivity index (χ4n) is 0.454. The minimum atomic E-state index is -2.58. The van der Waals surface area contributed by atoms with Crippen molar-refractivity contribution < 1.29 is 17.9 Å². The number of esters is 1. The van der Waals surface area contributed by atoms with Gasteiger partial charge in [-0.05, 0) is 6.92 Å². The molecule has 0 rings (SSSR count). The normalized spacial score (nSPS) is 9.64. The Hall–Kier alpha value is -0.840. The Balaban J connectivity index is 3.93. The number of carbonyl (C=O) groups excluding carboxylic acids is 1. The van der Waals surface area contributed by atoms with Crippen LogP contribution in [0.15, 0.2) is 12.2 Å². The van der Waals surface area contributed by atoms with E-state index in [1.807, 2.05) is 0 Å². The topological polar surface area (TPSA) is 60.4 Å². The average Bonchev–Trinajstić information content (AvgIpc) is 1.86. The van der Waals surface area contributed by atoms with Crippen molar-refractivity contribution in [2.24, 2.45) is 0 Å². The maximum Gasteiger partial charge on any atom is 0.334 e. The molecule has 0 aromatic heterocycles. The van der Waals surface area contributed by atoms with Gasteiger partial charge >= 0.3 is 5.97 Å². The lowest BCUT2D eigenvalue weighted by atomic mass is 10.4. The van der Waals surface area contributed by atoms with Crippen LogP contribution in [0, 0.1) is 0 Å². The van der Waals surface area contributed by atoms with Gasteiger partial charge in [-0.25, -0.2) is 13.2 Å². The van der Waals surface area contributed by atoms with Crippen molar-refractivity contribution in [3.05, 3.63) is 12.2 Å². The predicted octanol–water partition coefficient (Wildman–Crippen LogP) is -0.283. The lowest BCUT2D eigenvalue weighted by Gasteiger charge is -1.99. The van der Waals surface area contributed by atoms with E-state index < -0.39 is 16.7 Å². The number of ether oxygens (including phenoxy) is 1. The summed E-state index contributed by atoms with van der Waals surface area (Å²) in [6.45, 7) is 5.13. The summed E-state index contributed by atoms with van der Waals surface area (Å²) >= 11 is 0. The Bertz CT molecular complexity index is 221. The van der Waals surface area contributed by atoms with E-state index in [1.165, 1.54) is 0 Å². The summed E-state index contributed by atoms with van der Waals surface area (Å²) in [5.41, 5.74) is -0.0250. The number of carbonyl (C=O) groups is 1. The molecule has 0 unspecified atom stereocenters. The van der Waals surface area contributed by atoms with Crippen LogP contribution in [-0.4, -0.2) is 26.7 Å². The van der Waals surface area contributed by atoms with Gasteiger partial charge in [0.1, 0.15) is 10.7 Å². The van der Waals surface area contributed by atoms with Crippen LogP contribution in [0.3, 0.4) is 0 Å². The summed E-state index contributed by atoms with van der Waals surface area (Å²) in [5.74, 6) is -0.972. The summed E-state index contributed by atoms with van der Waals surface area (Å²) in [5, 5.41) is 0. The van der Waals surface area contributed by atoms with E-state index in [1.54, 1.807) is 6.92 Å². The Morgan fingerprint density at radius 2 is 2.09 bits per heavy atom. The number of hydrogen-bond acceptors (Lipinski definition) is 4. The largest absolute Gasteiger partial charge is 0.463 e. The van der Waals surface area contributed by atoms with Gasteiger partial charge in [0.2, 0.25) is 0 Å². The first-order valence-electron chi connectivity index (χ1n) is 3.04. The molecule has 0 heterocycles. The summed E-state index contributed by atoms with van der Waals surface area (Å²) in [7, 11) is -2.58. The van der Waals surface area contributed by atoms with Crippen molar-refractivity contribution >= 4 is 16.7 Å². The second-order valence-corrected chi connectivity index (χ2v) is 2.80. The molecule has 0 atom stereocenters. The van der Waals surface area contributed by atoms with Gasteiger partial charge in [-0.3, -0.25) is 0 Å². The van der Waals surface area contributed by atoms with E-state index in [-0.39, 0.29) is 17.9 Å². The lowest BCUT2D eigenvalue weighted by molar-refractivity contribution is -0.138. The highest BCUT2D eigenvalue weighted by atomic mass is 32.2. The maximum absolute atomic E-state index is 10.7. The van der Waals surface area contributed by atoms with Gasteiger partial charge in [-0.1, -0.05) is 6.58 Å². The van der Waals surface area contributed by atoms with Crippen LogP contribution < -0.4 is 0 Å². The molecule has 5 heteroatoms. The van der Waals surface area contributed by atoms with Crippen molar-refractivity contribution in [1.82, 2.24) is 0 Å². The van der Waals surface area contributed by atoms with Crippen LogP contribution in [0.2, 0.25) is 0 Å². The minimum absolute atomic E-state index is 0.0250. The van der Waals surface area contributed by atoms with Gasteiger partial charge in [0.05, 0.1) is 12.4 Å². The first kappa shape index (κ1) is 10.2. The molecule has 0 aliphatic heterocycles. The maximum atomic E-state index is 10.7. The monoisotopic (exact) mass is 178 g/mol. The molecule has 4 nitrogen and oxygen atoms in total. The fraction of sp³-hybridized carbons (Fsp3) is 0.500. The summed E-state index contributed by atoms with van der Waals surface area (Å²) < 4.78 is 24.7. The van der Waals surface area contributed by atoms with Gasteiger partial charge in [-0.2, -0.15) is 0 Å². The molecule has 0 saturated heterocycles. The first-order valence-corrected chi connectivity index (χ1v) is 4.41. The van der Waals surface area contributed by atoms with Crippen LogP contribution >= 0.6 is 0 Å². The molecule has 0 aromatic carbocycles. The lowest BCUT2D eigenvalue weighted by Crippen LogP contribution is -2.10. The molecule has 0 saturated carbocycles. The molecule has 0 bridgehead atoms. The van der Waals surface area contributed by atoms with E-state index in [9.17, 15) is 13.2 Å². The van der Waals surface area contributed by atoms with Crippen LogP contribution in [-0.2, 0) is 20.2 Å². The quantitative estimate of drug-likeness (QED) is 0.365. The van der Waals surface area contributed by atoms with E-state index in [0.29, 0.717) is 0 Å². The van der Waals surface area contributed by atoms with E-state index in [2.05, 4.69) is 11.3 Å². The van der Waals surface area contributed by atoms with Crippen LogP contribution in [0.5, 0.6) is 0 Å². The zero-order chi connectivity index (χ0) is 8.85. The SMILES string of the molecule is C=C(C[SH](=O)=O)C(=O)OCC. The third-order valence-electron chi connectivity index (χ3n) is 0.884. The minimum Gasteiger partial charge on any atom is -0.463 e. The third kappa shape index (κ3) is 4.55. The first-order chi connectivity index (χ1) is 5.07. The predicted molar refractivity (Wildman–Crippen MR) is 41.0 cm³/mol. The molecule has 0 aliphatic carbocycles. The van der Waals surface area contributed by atoms with Crippen molar-refractivity contribution in [3.63, 3.8) is 0 Å². The molecule has 0 fully saturated rings. The molecular weight excluding hydrogens is 168 g/mol. The van der Waals surface area contributed by atoms with E-state index >= 15 is 0 Å². The van der Waals surface area contributed by atoms with Crippen molar-refractivity contribution in [1.29, 1.82) is 0 Å². The van der Waals surface area contributed by atoms with Crippen molar-refractivity contribution in [2.75, 3.05) is 12.4 Å². The number of thiol groups is 1. The van der Waals surface area contributed by atoms with Crippen LogP contribution in [0.4, 0.5) is 0 Å². The smallest absolute Gasteiger partial charge is 0.334 e. The summed E-state index contributed by atoms with van der Waals surface area (Å²) in [6, 6.07) is 0. The fourth-order valence-corrected chi connectivity index (χ4v) is 0.894. The zero-order valence-electron chi connectivity index (χ0n) is 6.20. The van der Waals surface area contributed by atoms with Crippen LogP contribution in [0.25, 0.3) is 0 Å². The molecule has 0 spiro atoms. The molecule has 0 radical (unpaired) electrons. The van der Waals surface area contributed by atoms with Crippen molar-refractivity contribution in [3.8, 4) is 0 Å². The molecule has 0 amide bonds. The Labute approximate surface area is 66.8 Å². The summed E-state index contributed by atoms with van der Waals surface area (Å²) in [4.78, 5) is 10.7. The molecular formula is C6H10O4S. The van der Waals surface area contributed by atoms with Gasteiger partial charge in [0, 0.05) is 5.57 Å². The summed E-state index contributed by atoms with van der Waals surface area (Å²) in [6.07, 6.45) is 0. The highest BCUT2D eigenvalue weighted by Crippen LogP contribution is 1.94. The van der Waals surface area contributed by atoms with E-state index in [0.717, 1.165) is 0 Å². The molecule has 0 N–H and O–H groups in total. The highest BCUT2D eigenvalue weighted by Gasteiger charge is 2.07. The van der Waals surface area contributed by atoms with Crippen molar-refractivity contribution in [2.45, 2.75) is 6.92 Å². The Morgan fingerprint density at radius 1 is 1.55 bits per heavy atom. The van der Waals surface area contributed by atoms with Gasteiger partial charge in [-0.15, -0.1) is 0 Å². The van der Waals surface area contributed by atoms with Gasteiger partial charge in [0.25, 0.3) is 0 Å². The molecule has 64 valence electrons. The standard InChI is InChI=1S/C6H10O4S/c1-3-10-6(7)5(2)4-11(8)9/h11H,2-4H2,1H3. The number of hydrogen-bond donors (Lipinski definition) is 1. The molecule has 0 aromatic rings. The van der Waals surface area contributed by atoms with E-state index in [4.69, 9.17) is 0 Å². The second-order valence-electron chi connectivity index (χ2n) is 1.81. The highest BCUT2D eigenvalue weighted by molar-refractivity contribution is 7.72. The van der Waals surface area contributed by atoms with Gasteiger partial charge in [0.15, 0.2) is 0 Å². The number of rotatable bonds is 4. The molecule has 0 aliphatic rings. The zero-order valence-corrected chi connectivity index (χ0v) is 7.10.